The van der Waals surface area contributed by atoms with Crippen molar-refractivity contribution in [2.24, 2.45) is 0 Å². The number of hydrogen-bond acceptors (Lipinski definition) is 6. The third-order valence-electron chi connectivity index (χ3n) is 2.25. The first kappa shape index (κ1) is 12.8. The van der Waals surface area contributed by atoms with Crippen LogP contribution in [0, 0.1) is 0 Å². The summed E-state index contributed by atoms with van der Waals surface area (Å²) in [6.07, 6.45) is -6.15. The van der Waals surface area contributed by atoms with Crippen LogP contribution in [-0.4, -0.2) is 63.8 Å². The summed E-state index contributed by atoms with van der Waals surface area (Å²) in [5.74, 6) is 0. The third-order valence-corrected chi connectivity index (χ3v) is 2.25. The normalized spacial score (nSPS) is 42.2. The number of ether oxygens (including phenoxy) is 2. The molecule has 5 atom stereocenters. The minimum absolute atomic E-state index is 0.188. The number of hydrogen-bond donors (Lipinski definition) is 4. The highest BCUT2D eigenvalue weighted by atomic mass is 16.7. The van der Waals surface area contributed by atoms with Crippen LogP contribution < -0.4 is 0 Å². The van der Waals surface area contributed by atoms with Crippen molar-refractivity contribution in [1.29, 1.82) is 0 Å². The van der Waals surface area contributed by atoms with E-state index < -0.39 is 37.3 Å². The average Bonchev–Trinajstić information content (AvgIpc) is 2.18. The Bertz CT molecular complexity index is 195. The molecule has 0 aliphatic carbocycles. The standard InChI is InChI=1S/C9H18O6/c1-4(2)14-9-8(13)7(12)6(11)5(3-10)15-9/h4-13H,3H2,1-2H3/t5?,6-,7-,8?,9?/m0/s1. The molecule has 0 aromatic heterocycles. The zero-order valence-electron chi connectivity index (χ0n) is 8.78. The predicted octanol–water partition coefficient (Wildman–Crippen LogP) is -1.79. The van der Waals surface area contributed by atoms with E-state index in [1.807, 2.05) is 0 Å². The van der Waals surface area contributed by atoms with Crippen LogP contribution in [0.5, 0.6) is 0 Å². The fourth-order valence-corrected chi connectivity index (χ4v) is 1.45. The Morgan fingerprint density at radius 3 is 2.20 bits per heavy atom. The van der Waals surface area contributed by atoms with E-state index in [1.165, 1.54) is 0 Å². The molecule has 1 aliphatic rings. The molecule has 0 saturated carbocycles. The molecular weight excluding hydrogens is 204 g/mol. The summed E-state index contributed by atoms with van der Waals surface area (Å²) in [7, 11) is 0. The van der Waals surface area contributed by atoms with Crippen molar-refractivity contribution < 1.29 is 29.9 Å². The molecule has 90 valence electrons. The second-order valence-electron chi connectivity index (χ2n) is 3.88. The van der Waals surface area contributed by atoms with E-state index in [-0.39, 0.29) is 6.10 Å². The van der Waals surface area contributed by atoms with Gasteiger partial charge in [0.15, 0.2) is 6.29 Å². The number of aliphatic hydroxyl groups excluding tert-OH is 4. The Labute approximate surface area is 88.1 Å². The summed E-state index contributed by atoms with van der Waals surface area (Å²) in [6, 6.07) is 0. The number of rotatable bonds is 3. The van der Waals surface area contributed by atoms with Gasteiger partial charge in [-0.25, -0.2) is 0 Å². The second-order valence-corrected chi connectivity index (χ2v) is 3.88. The largest absolute Gasteiger partial charge is 0.394 e. The smallest absolute Gasteiger partial charge is 0.186 e. The molecule has 6 nitrogen and oxygen atoms in total. The van der Waals surface area contributed by atoms with Gasteiger partial charge in [-0.2, -0.15) is 0 Å². The molecule has 0 aromatic carbocycles. The highest BCUT2D eigenvalue weighted by Crippen LogP contribution is 2.22. The molecule has 3 unspecified atom stereocenters. The molecule has 1 rings (SSSR count). The molecule has 1 fully saturated rings. The van der Waals surface area contributed by atoms with Gasteiger partial charge in [-0.05, 0) is 13.8 Å². The van der Waals surface area contributed by atoms with Gasteiger partial charge in [0.05, 0.1) is 12.7 Å². The quantitative estimate of drug-likeness (QED) is 0.450. The van der Waals surface area contributed by atoms with E-state index in [1.54, 1.807) is 13.8 Å². The first-order valence-corrected chi connectivity index (χ1v) is 4.93. The van der Waals surface area contributed by atoms with Crippen LogP contribution in [0.15, 0.2) is 0 Å². The molecule has 4 N–H and O–H groups in total. The molecule has 0 aromatic rings. The Morgan fingerprint density at radius 1 is 1.13 bits per heavy atom. The van der Waals surface area contributed by atoms with E-state index in [4.69, 9.17) is 14.6 Å². The van der Waals surface area contributed by atoms with Crippen LogP contribution in [0.4, 0.5) is 0 Å². The monoisotopic (exact) mass is 222 g/mol. The summed E-state index contributed by atoms with van der Waals surface area (Å²) in [6.45, 7) is 3.06. The highest BCUT2D eigenvalue weighted by molar-refractivity contribution is 4.88. The van der Waals surface area contributed by atoms with Crippen molar-refractivity contribution in [3.63, 3.8) is 0 Å². The molecule has 1 saturated heterocycles. The van der Waals surface area contributed by atoms with Crippen LogP contribution in [0.25, 0.3) is 0 Å². The van der Waals surface area contributed by atoms with Crippen molar-refractivity contribution in [2.75, 3.05) is 6.61 Å². The predicted molar refractivity (Wildman–Crippen MR) is 50.0 cm³/mol. The fourth-order valence-electron chi connectivity index (χ4n) is 1.45. The van der Waals surface area contributed by atoms with Gasteiger partial charge in [0.2, 0.25) is 0 Å². The van der Waals surface area contributed by atoms with Crippen molar-refractivity contribution in [3.05, 3.63) is 0 Å². The molecule has 0 radical (unpaired) electrons. The van der Waals surface area contributed by atoms with Gasteiger partial charge >= 0.3 is 0 Å². The lowest BCUT2D eigenvalue weighted by Crippen LogP contribution is -2.59. The first-order chi connectivity index (χ1) is 6.97. The van der Waals surface area contributed by atoms with Gasteiger partial charge in [0.25, 0.3) is 0 Å². The van der Waals surface area contributed by atoms with Gasteiger partial charge < -0.3 is 29.9 Å². The third kappa shape index (κ3) is 2.87. The van der Waals surface area contributed by atoms with E-state index >= 15 is 0 Å². The first-order valence-electron chi connectivity index (χ1n) is 4.93. The van der Waals surface area contributed by atoms with E-state index in [9.17, 15) is 15.3 Å². The van der Waals surface area contributed by atoms with Crippen LogP contribution >= 0.6 is 0 Å². The molecule has 1 heterocycles. The second kappa shape index (κ2) is 5.20. The number of aliphatic hydroxyl groups is 4. The molecule has 15 heavy (non-hydrogen) atoms. The maximum atomic E-state index is 9.53. The van der Waals surface area contributed by atoms with Crippen LogP contribution in [0.1, 0.15) is 13.8 Å². The lowest BCUT2D eigenvalue weighted by atomic mass is 9.99. The molecule has 0 amide bonds. The topological polar surface area (TPSA) is 99.4 Å². The molecule has 0 bridgehead atoms. The molecule has 0 spiro atoms. The summed E-state index contributed by atoms with van der Waals surface area (Å²) >= 11 is 0. The zero-order valence-corrected chi connectivity index (χ0v) is 8.78. The molecule has 6 heteroatoms. The van der Waals surface area contributed by atoms with Crippen LogP contribution in [-0.2, 0) is 9.47 Å². The van der Waals surface area contributed by atoms with E-state index in [0.29, 0.717) is 0 Å². The van der Waals surface area contributed by atoms with Crippen molar-refractivity contribution in [2.45, 2.75) is 50.7 Å². The Kier molecular flexibility index (Phi) is 4.45. The Morgan fingerprint density at radius 2 is 1.73 bits per heavy atom. The van der Waals surface area contributed by atoms with Crippen LogP contribution in [0.2, 0.25) is 0 Å². The van der Waals surface area contributed by atoms with Gasteiger partial charge in [0, 0.05) is 0 Å². The maximum Gasteiger partial charge on any atom is 0.186 e. The van der Waals surface area contributed by atoms with Gasteiger partial charge in [-0.15, -0.1) is 0 Å². The van der Waals surface area contributed by atoms with Crippen molar-refractivity contribution in [3.8, 4) is 0 Å². The minimum Gasteiger partial charge on any atom is -0.394 e. The minimum atomic E-state index is -1.38. The summed E-state index contributed by atoms with van der Waals surface area (Å²) < 4.78 is 10.3. The Hall–Kier alpha value is -0.240. The summed E-state index contributed by atoms with van der Waals surface area (Å²) in [5.41, 5.74) is 0. The SMILES string of the molecule is CC(C)OC1OC(CO)[C@H](O)[C@H](O)C1O. The van der Waals surface area contributed by atoms with Gasteiger partial charge in [0.1, 0.15) is 24.4 Å². The van der Waals surface area contributed by atoms with E-state index in [0.717, 1.165) is 0 Å². The van der Waals surface area contributed by atoms with E-state index in [2.05, 4.69) is 0 Å². The van der Waals surface area contributed by atoms with Crippen LogP contribution in [0.3, 0.4) is 0 Å². The lowest BCUT2D eigenvalue weighted by molar-refractivity contribution is -0.308. The highest BCUT2D eigenvalue weighted by Gasteiger charge is 2.44. The fraction of sp³-hybridized carbons (Fsp3) is 1.00. The lowest BCUT2D eigenvalue weighted by Gasteiger charge is -2.40. The summed E-state index contributed by atoms with van der Waals surface area (Å²) in [5, 5.41) is 37.3. The Balaban J connectivity index is 2.65. The average molecular weight is 222 g/mol. The van der Waals surface area contributed by atoms with Gasteiger partial charge in [-0.1, -0.05) is 0 Å². The molecule has 1 aliphatic heterocycles. The van der Waals surface area contributed by atoms with Crippen molar-refractivity contribution >= 4 is 0 Å². The zero-order chi connectivity index (χ0) is 11.6. The van der Waals surface area contributed by atoms with Crippen molar-refractivity contribution in [1.82, 2.24) is 0 Å². The van der Waals surface area contributed by atoms with Gasteiger partial charge in [-0.3, -0.25) is 0 Å². The molecular formula is C9H18O6. The maximum absolute atomic E-state index is 9.53. The summed E-state index contributed by atoms with van der Waals surface area (Å²) in [4.78, 5) is 0.